The van der Waals surface area contributed by atoms with Gasteiger partial charge in [0.15, 0.2) is 0 Å². The van der Waals surface area contributed by atoms with E-state index in [1.807, 2.05) is 0 Å². The smallest absolute Gasteiger partial charge is 0.319 e. The summed E-state index contributed by atoms with van der Waals surface area (Å²) in [6, 6.07) is 4.72. The number of nitrogens with one attached hydrogen (secondary N) is 2. The van der Waals surface area contributed by atoms with Crippen LogP contribution in [0.1, 0.15) is 26.7 Å². The van der Waals surface area contributed by atoms with E-state index in [-0.39, 0.29) is 6.42 Å². The molecule has 3 N–H and O–H groups in total. The van der Waals surface area contributed by atoms with E-state index in [0.717, 1.165) is 0 Å². The molecule has 7 heteroatoms. The van der Waals surface area contributed by atoms with Gasteiger partial charge < -0.3 is 15.7 Å². The van der Waals surface area contributed by atoms with Crippen LogP contribution in [0, 0.1) is 0 Å². The first-order valence-electron chi connectivity index (χ1n) is 5.96. The third-order valence-corrected chi connectivity index (χ3v) is 4.01. The van der Waals surface area contributed by atoms with E-state index in [2.05, 4.69) is 26.6 Å². The predicted molar refractivity (Wildman–Crippen MR) is 82.3 cm³/mol. The van der Waals surface area contributed by atoms with Crippen LogP contribution in [-0.2, 0) is 4.79 Å². The van der Waals surface area contributed by atoms with E-state index in [9.17, 15) is 9.59 Å². The summed E-state index contributed by atoms with van der Waals surface area (Å²) in [5, 5.41) is 14.6. The van der Waals surface area contributed by atoms with E-state index >= 15 is 0 Å². The number of carbonyl (C=O) groups excluding carboxylic acids is 1. The highest BCUT2D eigenvalue weighted by molar-refractivity contribution is 9.10. The number of hydrogen-bond donors (Lipinski definition) is 3. The highest BCUT2D eigenvalue weighted by Gasteiger charge is 2.21. The van der Waals surface area contributed by atoms with Crippen molar-refractivity contribution in [2.45, 2.75) is 32.2 Å². The number of carbonyl (C=O) groups is 2. The summed E-state index contributed by atoms with van der Waals surface area (Å²) in [6.07, 6.45) is 0.334. The van der Waals surface area contributed by atoms with Crippen LogP contribution >= 0.6 is 27.5 Å². The zero-order chi connectivity index (χ0) is 15.3. The molecule has 5 nitrogen and oxygen atoms in total. The minimum absolute atomic E-state index is 0.00581. The van der Waals surface area contributed by atoms with Crippen LogP contribution in [0.3, 0.4) is 0 Å². The number of hydrogen-bond acceptors (Lipinski definition) is 2. The van der Waals surface area contributed by atoms with E-state index in [4.69, 9.17) is 16.7 Å². The first-order valence-corrected chi connectivity index (χ1v) is 7.13. The highest BCUT2D eigenvalue weighted by Crippen LogP contribution is 2.30. The number of amides is 2. The molecule has 0 unspecified atom stereocenters. The summed E-state index contributed by atoms with van der Waals surface area (Å²) in [7, 11) is 0. The molecule has 2 amide bonds. The summed E-state index contributed by atoms with van der Waals surface area (Å²) in [5.41, 5.74) is -0.0721. The van der Waals surface area contributed by atoms with E-state index in [1.165, 1.54) is 0 Å². The number of benzene rings is 1. The van der Waals surface area contributed by atoms with Gasteiger partial charge in [-0.15, -0.1) is 0 Å². The second-order valence-electron chi connectivity index (χ2n) is 4.96. The quantitative estimate of drug-likeness (QED) is 0.743. The highest BCUT2D eigenvalue weighted by atomic mass is 79.9. The molecule has 0 atom stereocenters. The second-order valence-corrected chi connectivity index (χ2v) is 6.16. The van der Waals surface area contributed by atoms with Crippen molar-refractivity contribution in [3.63, 3.8) is 0 Å². The van der Waals surface area contributed by atoms with Crippen LogP contribution < -0.4 is 10.6 Å². The molecule has 1 aromatic carbocycles. The van der Waals surface area contributed by atoms with Gasteiger partial charge in [-0.2, -0.15) is 0 Å². The largest absolute Gasteiger partial charge is 0.481 e. The van der Waals surface area contributed by atoms with Crippen molar-refractivity contribution in [1.82, 2.24) is 5.32 Å². The van der Waals surface area contributed by atoms with Crippen molar-refractivity contribution in [2.75, 3.05) is 5.32 Å². The lowest BCUT2D eigenvalue weighted by Gasteiger charge is -2.25. The molecule has 110 valence electrons. The number of anilines is 1. The number of urea groups is 1. The number of rotatable bonds is 5. The molecule has 0 spiro atoms. The number of aliphatic carboxylic acids is 1. The van der Waals surface area contributed by atoms with Gasteiger partial charge in [-0.3, -0.25) is 4.79 Å². The lowest BCUT2D eigenvalue weighted by molar-refractivity contribution is -0.137. The Morgan fingerprint density at radius 3 is 2.65 bits per heavy atom. The monoisotopic (exact) mass is 362 g/mol. The molecular formula is C13H16BrClN2O3. The maximum Gasteiger partial charge on any atom is 0.319 e. The minimum atomic E-state index is -0.891. The van der Waals surface area contributed by atoms with Gasteiger partial charge in [0.2, 0.25) is 0 Å². The predicted octanol–water partition coefficient (Wildman–Crippen LogP) is 3.87. The van der Waals surface area contributed by atoms with Crippen LogP contribution in [0.4, 0.5) is 10.5 Å². The molecule has 20 heavy (non-hydrogen) atoms. The molecule has 0 fully saturated rings. The Labute approximate surface area is 130 Å². The molecule has 1 aromatic rings. The first-order chi connectivity index (χ1) is 9.21. The Kier molecular flexibility index (Phi) is 5.83. The average molecular weight is 364 g/mol. The Morgan fingerprint density at radius 2 is 2.05 bits per heavy atom. The number of carboxylic acids is 1. The Hall–Kier alpha value is -1.27. The molecular weight excluding hydrogens is 348 g/mol. The summed E-state index contributed by atoms with van der Waals surface area (Å²) in [5.74, 6) is -0.891. The Bertz CT molecular complexity index is 520. The van der Waals surface area contributed by atoms with Crippen molar-refractivity contribution in [1.29, 1.82) is 0 Å². The minimum Gasteiger partial charge on any atom is -0.481 e. The van der Waals surface area contributed by atoms with Gasteiger partial charge in [0.25, 0.3) is 0 Å². The van der Waals surface area contributed by atoms with E-state index in [1.54, 1.807) is 32.0 Å². The second kappa shape index (κ2) is 6.95. The summed E-state index contributed by atoms with van der Waals surface area (Å²) < 4.78 is 0.597. The van der Waals surface area contributed by atoms with E-state index < -0.39 is 17.5 Å². The fourth-order valence-corrected chi connectivity index (χ4v) is 2.08. The fourth-order valence-electron chi connectivity index (χ4n) is 1.54. The van der Waals surface area contributed by atoms with E-state index in [0.29, 0.717) is 21.6 Å². The Morgan fingerprint density at radius 1 is 1.40 bits per heavy atom. The molecule has 0 radical (unpaired) electrons. The van der Waals surface area contributed by atoms with Gasteiger partial charge in [-0.05, 0) is 48.3 Å². The molecule has 0 saturated carbocycles. The SMILES string of the molecule is CC(C)(CCC(=O)O)NC(=O)Nc1cccc(Cl)c1Br. The maximum absolute atomic E-state index is 11.9. The van der Waals surface area contributed by atoms with Crippen molar-refractivity contribution in [3.05, 3.63) is 27.7 Å². The van der Waals surface area contributed by atoms with Crippen LogP contribution in [0.2, 0.25) is 5.02 Å². The average Bonchev–Trinajstić information content (AvgIpc) is 2.32. The van der Waals surface area contributed by atoms with Crippen LogP contribution in [-0.4, -0.2) is 22.6 Å². The molecule has 0 bridgehead atoms. The standard InChI is InChI=1S/C13H16BrClN2O3/c1-13(2,7-6-10(18)19)17-12(20)16-9-5-3-4-8(15)11(9)14/h3-5H,6-7H2,1-2H3,(H,18,19)(H2,16,17,20). The van der Waals surface area contributed by atoms with Gasteiger partial charge in [-0.1, -0.05) is 17.7 Å². The molecule has 0 aliphatic carbocycles. The summed E-state index contributed by atoms with van der Waals surface area (Å²) in [4.78, 5) is 22.5. The normalized spacial score (nSPS) is 11.0. The lowest BCUT2D eigenvalue weighted by atomic mass is 9.99. The molecule has 0 aromatic heterocycles. The zero-order valence-electron chi connectivity index (χ0n) is 11.2. The third-order valence-electron chi connectivity index (χ3n) is 2.62. The lowest BCUT2D eigenvalue weighted by Crippen LogP contribution is -2.45. The van der Waals surface area contributed by atoms with Crippen LogP contribution in [0.15, 0.2) is 22.7 Å². The molecule has 0 aliphatic heterocycles. The van der Waals surface area contributed by atoms with Crippen molar-refractivity contribution >= 4 is 45.2 Å². The molecule has 0 saturated heterocycles. The van der Waals surface area contributed by atoms with Gasteiger partial charge in [0.05, 0.1) is 15.2 Å². The molecule has 1 rings (SSSR count). The van der Waals surface area contributed by atoms with Gasteiger partial charge in [-0.25, -0.2) is 4.79 Å². The van der Waals surface area contributed by atoms with Gasteiger partial charge >= 0.3 is 12.0 Å². The molecule has 0 heterocycles. The van der Waals surface area contributed by atoms with Crippen LogP contribution in [0.5, 0.6) is 0 Å². The molecule has 0 aliphatic rings. The fraction of sp³-hybridized carbons (Fsp3) is 0.385. The topological polar surface area (TPSA) is 78.4 Å². The first kappa shape index (κ1) is 16.8. The zero-order valence-corrected chi connectivity index (χ0v) is 13.5. The Balaban J connectivity index is 2.63. The van der Waals surface area contributed by atoms with Crippen molar-refractivity contribution in [2.24, 2.45) is 0 Å². The summed E-state index contributed by atoms with van der Waals surface area (Å²) >= 11 is 9.22. The van der Waals surface area contributed by atoms with Crippen LogP contribution in [0.25, 0.3) is 0 Å². The number of carboxylic acid groups (broad SMARTS) is 1. The van der Waals surface area contributed by atoms with Gasteiger partial charge in [0.1, 0.15) is 0 Å². The van der Waals surface area contributed by atoms with Crippen molar-refractivity contribution in [3.8, 4) is 0 Å². The third kappa shape index (κ3) is 5.38. The summed E-state index contributed by atoms with van der Waals surface area (Å²) in [6.45, 7) is 3.53. The van der Waals surface area contributed by atoms with Crippen molar-refractivity contribution < 1.29 is 14.7 Å². The number of halogens is 2. The van der Waals surface area contributed by atoms with Gasteiger partial charge in [0, 0.05) is 12.0 Å². The maximum atomic E-state index is 11.9.